The number of hydrogen-bond donors (Lipinski definition) is 4. The largest absolute Gasteiger partial charge is 0.457 e. The molecule has 1 saturated heterocycles. The molecule has 4 aromatic rings. The minimum atomic E-state index is 0.509. The van der Waals surface area contributed by atoms with Crippen molar-refractivity contribution in [2.75, 3.05) is 18.4 Å². The first-order chi connectivity index (χ1) is 15.2. The summed E-state index contributed by atoms with van der Waals surface area (Å²) in [5, 5.41) is 10.2. The summed E-state index contributed by atoms with van der Waals surface area (Å²) in [6.45, 7) is 2.82. The third-order valence-corrected chi connectivity index (χ3v) is 5.74. The lowest BCUT2D eigenvalue weighted by Crippen LogP contribution is -2.30. The summed E-state index contributed by atoms with van der Waals surface area (Å²) in [5.74, 6) is 2.20. The lowest BCUT2D eigenvalue weighted by Gasteiger charge is -2.11. The number of halogens is 1. The second kappa shape index (κ2) is 9.05. The first-order valence-corrected chi connectivity index (χ1v) is 11.1. The highest BCUT2D eigenvalue weighted by atomic mass is 79.9. The molecule has 0 bridgehead atoms. The van der Waals surface area contributed by atoms with Gasteiger partial charge in [-0.2, -0.15) is 0 Å². The van der Waals surface area contributed by atoms with E-state index in [2.05, 4.69) is 46.8 Å². The molecule has 1 aliphatic rings. The molecule has 2 aromatic heterocycles. The van der Waals surface area contributed by atoms with Gasteiger partial charge in [0.2, 0.25) is 5.95 Å². The van der Waals surface area contributed by atoms with Crippen molar-refractivity contribution < 1.29 is 4.74 Å². The third-order valence-electron chi connectivity index (χ3n) is 5.22. The Kier molecular flexibility index (Phi) is 5.84. The monoisotopic (exact) mass is 478 g/mol. The number of aromatic nitrogens is 3. The van der Waals surface area contributed by atoms with Crippen molar-refractivity contribution in [1.29, 1.82) is 0 Å². The summed E-state index contributed by atoms with van der Waals surface area (Å²) < 4.78 is 7.12. The number of anilines is 2. The molecule has 1 aliphatic heterocycles. The van der Waals surface area contributed by atoms with Crippen LogP contribution in [0.15, 0.2) is 65.3 Å². The van der Waals surface area contributed by atoms with Crippen molar-refractivity contribution >= 4 is 38.6 Å². The molecule has 1 unspecified atom stereocenters. The summed E-state index contributed by atoms with van der Waals surface area (Å²) in [7, 11) is 0. The second-order valence-electron chi connectivity index (χ2n) is 7.55. The average Bonchev–Trinajstić information content (AvgIpc) is 3.43. The number of ether oxygens (including phenoxy) is 1. The van der Waals surface area contributed by atoms with Crippen LogP contribution in [0, 0.1) is 0 Å². The van der Waals surface area contributed by atoms with Crippen LogP contribution in [-0.4, -0.2) is 34.1 Å². The van der Waals surface area contributed by atoms with E-state index in [0.29, 0.717) is 12.0 Å². The first-order valence-electron chi connectivity index (χ1n) is 10.3. The number of aromatic amines is 1. The van der Waals surface area contributed by atoms with Gasteiger partial charge in [-0.25, -0.2) is 4.98 Å². The fourth-order valence-electron chi connectivity index (χ4n) is 3.61. The van der Waals surface area contributed by atoms with Crippen molar-refractivity contribution in [3.8, 4) is 11.5 Å². The Morgan fingerprint density at radius 3 is 2.77 bits per heavy atom. The molecular formula is C23H23BrN6O. The van der Waals surface area contributed by atoms with Gasteiger partial charge < -0.3 is 25.7 Å². The van der Waals surface area contributed by atoms with Crippen LogP contribution in [0.25, 0.3) is 11.0 Å². The molecule has 0 saturated carbocycles. The predicted molar refractivity (Wildman–Crippen MR) is 126 cm³/mol. The zero-order chi connectivity index (χ0) is 21.0. The standard InChI is InChI=1S/C23H23BrN6O/c24-15-1-3-16(4-2-15)28-23-29-21-6-5-19(12-22(21)30-23)31-20-8-10-26-18(11-20)14-27-17-7-9-25-13-17/h1-6,8,10-12,17,25,27H,7,9,13-14H2,(H2,28,29,30). The highest BCUT2D eigenvalue weighted by Gasteiger charge is 2.13. The number of H-pyrrole nitrogens is 1. The number of nitrogens with one attached hydrogen (secondary N) is 4. The topological polar surface area (TPSA) is 86.9 Å². The van der Waals surface area contributed by atoms with E-state index in [4.69, 9.17) is 4.74 Å². The van der Waals surface area contributed by atoms with Crippen molar-refractivity contribution in [2.24, 2.45) is 0 Å². The van der Waals surface area contributed by atoms with Gasteiger partial charge in [-0.15, -0.1) is 0 Å². The summed E-state index contributed by atoms with van der Waals surface area (Å²) in [4.78, 5) is 12.4. The fourth-order valence-corrected chi connectivity index (χ4v) is 3.88. The van der Waals surface area contributed by atoms with Crippen LogP contribution >= 0.6 is 15.9 Å². The SMILES string of the molecule is Brc1ccc(Nc2nc3ccc(Oc4ccnc(CNC5CCNC5)c4)cc3[nH]2)cc1. The van der Waals surface area contributed by atoms with E-state index in [-0.39, 0.29) is 0 Å². The summed E-state index contributed by atoms with van der Waals surface area (Å²) in [5.41, 5.74) is 3.71. The maximum Gasteiger partial charge on any atom is 0.205 e. The summed E-state index contributed by atoms with van der Waals surface area (Å²) in [6.07, 6.45) is 2.94. The molecule has 0 aliphatic carbocycles. The molecule has 158 valence electrons. The van der Waals surface area contributed by atoms with Crippen LogP contribution in [0.5, 0.6) is 11.5 Å². The Labute approximate surface area is 188 Å². The Morgan fingerprint density at radius 2 is 1.94 bits per heavy atom. The van der Waals surface area contributed by atoms with Crippen LogP contribution < -0.4 is 20.7 Å². The van der Waals surface area contributed by atoms with E-state index < -0.39 is 0 Å². The zero-order valence-electron chi connectivity index (χ0n) is 16.9. The van der Waals surface area contributed by atoms with Gasteiger partial charge in [0, 0.05) is 47.6 Å². The second-order valence-corrected chi connectivity index (χ2v) is 8.47. The molecule has 0 amide bonds. The minimum absolute atomic E-state index is 0.509. The Morgan fingerprint density at radius 1 is 1.06 bits per heavy atom. The van der Waals surface area contributed by atoms with E-state index in [1.54, 1.807) is 6.20 Å². The summed E-state index contributed by atoms with van der Waals surface area (Å²) in [6, 6.07) is 18.1. The van der Waals surface area contributed by atoms with Crippen LogP contribution in [-0.2, 0) is 6.54 Å². The van der Waals surface area contributed by atoms with Gasteiger partial charge in [0.05, 0.1) is 16.7 Å². The maximum absolute atomic E-state index is 6.09. The average molecular weight is 479 g/mol. The molecule has 8 heteroatoms. The van der Waals surface area contributed by atoms with Crippen LogP contribution in [0.4, 0.5) is 11.6 Å². The molecule has 4 N–H and O–H groups in total. The molecule has 7 nitrogen and oxygen atoms in total. The smallest absolute Gasteiger partial charge is 0.205 e. The van der Waals surface area contributed by atoms with Crippen LogP contribution in [0.3, 0.4) is 0 Å². The van der Waals surface area contributed by atoms with E-state index >= 15 is 0 Å². The van der Waals surface area contributed by atoms with Gasteiger partial charge in [-0.3, -0.25) is 4.98 Å². The van der Waals surface area contributed by atoms with E-state index in [0.717, 1.165) is 64.4 Å². The number of imidazole rings is 1. The van der Waals surface area contributed by atoms with Crippen LogP contribution in [0.2, 0.25) is 0 Å². The fraction of sp³-hybridized carbons (Fsp3) is 0.217. The number of benzene rings is 2. The zero-order valence-corrected chi connectivity index (χ0v) is 18.4. The Balaban J connectivity index is 1.27. The van der Waals surface area contributed by atoms with Gasteiger partial charge >= 0.3 is 0 Å². The molecule has 1 fully saturated rings. The molecular weight excluding hydrogens is 456 g/mol. The Bertz CT molecular complexity index is 1170. The maximum atomic E-state index is 6.09. The van der Waals surface area contributed by atoms with Gasteiger partial charge in [-0.1, -0.05) is 15.9 Å². The minimum Gasteiger partial charge on any atom is -0.457 e. The van der Waals surface area contributed by atoms with Crippen molar-refractivity contribution in [3.05, 3.63) is 71.0 Å². The molecule has 0 radical (unpaired) electrons. The van der Waals surface area contributed by atoms with Crippen molar-refractivity contribution in [2.45, 2.75) is 19.0 Å². The molecule has 1 atom stereocenters. The molecule has 0 spiro atoms. The van der Waals surface area contributed by atoms with Crippen molar-refractivity contribution in [3.63, 3.8) is 0 Å². The lowest BCUT2D eigenvalue weighted by molar-refractivity contribution is 0.479. The molecule has 2 aromatic carbocycles. The highest BCUT2D eigenvalue weighted by molar-refractivity contribution is 9.10. The quantitative estimate of drug-likeness (QED) is 0.307. The van der Waals surface area contributed by atoms with Crippen molar-refractivity contribution in [1.82, 2.24) is 25.6 Å². The van der Waals surface area contributed by atoms with E-state index in [1.807, 2.05) is 54.6 Å². The van der Waals surface area contributed by atoms with E-state index in [1.165, 1.54) is 0 Å². The van der Waals surface area contributed by atoms with E-state index in [9.17, 15) is 0 Å². The Hall–Kier alpha value is -2.94. The van der Waals surface area contributed by atoms with Gasteiger partial charge in [0.1, 0.15) is 11.5 Å². The van der Waals surface area contributed by atoms with Gasteiger partial charge in [0.25, 0.3) is 0 Å². The number of fused-ring (bicyclic) bond motifs is 1. The van der Waals surface area contributed by atoms with Crippen LogP contribution in [0.1, 0.15) is 12.1 Å². The van der Waals surface area contributed by atoms with Gasteiger partial charge in [-0.05, 0) is 55.4 Å². The molecule has 31 heavy (non-hydrogen) atoms. The first kappa shape index (κ1) is 20.0. The highest BCUT2D eigenvalue weighted by Crippen LogP contribution is 2.27. The molecule has 3 heterocycles. The third kappa shape index (κ3) is 5.04. The normalized spacial score (nSPS) is 16.0. The number of nitrogens with zero attached hydrogens (tertiary/aromatic N) is 2. The number of pyridine rings is 1. The predicted octanol–water partition coefficient (Wildman–Crippen LogP) is 4.71. The molecule has 5 rings (SSSR count). The number of hydrogen-bond acceptors (Lipinski definition) is 6. The summed E-state index contributed by atoms with van der Waals surface area (Å²) >= 11 is 3.45. The van der Waals surface area contributed by atoms with Gasteiger partial charge in [0.15, 0.2) is 0 Å². The lowest BCUT2D eigenvalue weighted by atomic mass is 10.2. The number of rotatable bonds is 7.